The Kier molecular flexibility index (Phi) is 4.45. The van der Waals surface area contributed by atoms with Crippen molar-refractivity contribution in [2.45, 2.75) is 11.8 Å². The maximum atomic E-state index is 3.75. The lowest BCUT2D eigenvalue weighted by molar-refractivity contribution is 1.16. The van der Waals surface area contributed by atoms with Crippen molar-refractivity contribution < 1.29 is 0 Å². The van der Waals surface area contributed by atoms with Crippen LogP contribution in [0.2, 0.25) is 0 Å². The molecule has 0 aliphatic rings. The molecule has 0 amide bonds. The third-order valence-corrected chi connectivity index (χ3v) is 4.81. The van der Waals surface area contributed by atoms with Crippen LogP contribution in [0.5, 0.6) is 0 Å². The van der Waals surface area contributed by atoms with Gasteiger partial charge in [-0.2, -0.15) is 0 Å². The Morgan fingerprint density at radius 1 is 0.941 bits per heavy atom. The van der Waals surface area contributed by atoms with Gasteiger partial charge < -0.3 is 0 Å². The van der Waals surface area contributed by atoms with Gasteiger partial charge in [0.25, 0.3) is 0 Å². The highest BCUT2D eigenvalue weighted by atomic mass is 79.9. The first kappa shape index (κ1) is 13.3. The average molecular weight is 419 g/mol. The Morgan fingerprint density at radius 3 is 2.18 bits per heavy atom. The van der Waals surface area contributed by atoms with Gasteiger partial charge in [0, 0.05) is 8.95 Å². The standard InChI is InChI=1S/C14H11Br3/c1-9-2-4-10(5-3-9)14(17)12-7-6-11(15)8-13(12)16/h2-8,14H,1H3. The molecule has 0 nitrogen and oxygen atoms in total. The molecule has 0 N–H and O–H groups in total. The topological polar surface area (TPSA) is 0 Å². The fourth-order valence-electron chi connectivity index (χ4n) is 1.62. The fraction of sp³-hybridized carbons (Fsp3) is 0.143. The molecule has 1 atom stereocenters. The number of benzene rings is 2. The number of hydrogen-bond donors (Lipinski definition) is 0. The summed E-state index contributed by atoms with van der Waals surface area (Å²) in [5, 5.41) is 0. The summed E-state index contributed by atoms with van der Waals surface area (Å²) in [4.78, 5) is 0.213. The molecule has 2 aromatic carbocycles. The third-order valence-electron chi connectivity index (χ3n) is 2.61. The Bertz CT molecular complexity index is 517. The molecule has 0 heterocycles. The van der Waals surface area contributed by atoms with Crippen LogP contribution >= 0.6 is 47.8 Å². The second-order valence-corrected chi connectivity index (χ2v) is 6.62. The van der Waals surface area contributed by atoms with Crippen LogP contribution in [0.4, 0.5) is 0 Å². The highest BCUT2D eigenvalue weighted by Gasteiger charge is 2.13. The molecule has 0 aromatic heterocycles. The van der Waals surface area contributed by atoms with Gasteiger partial charge in [0.2, 0.25) is 0 Å². The number of hydrogen-bond acceptors (Lipinski definition) is 0. The molecule has 0 saturated carbocycles. The van der Waals surface area contributed by atoms with E-state index in [1.54, 1.807) is 0 Å². The van der Waals surface area contributed by atoms with Gasteiger partial charge in [0.05, 0.1) is 4.83 Å². The monoisotopic (exact) mass is 416 g/mol. The van der Waals surface area contributed by atoms with Gasteiger partial charge in [-0.25, -0.2) is 0 Å². The van der Waals surface area contributed by atoms with Gasteiger partial charge in [-0.05, 0) is 30.2 Å². The summed E-state index contributed by atoms with van der Waals surface area (Å²) in [6.45, 7) is 2.10. The van der Waals surface area contributed by atoms with Crippen LogP contribution in [0.25, 0.3) is 0 Å². The van der Waals surface area contributed by atoms with Crippen LogP contribution < -0.4 is 0 Å². The minimum atomic E-state index is 0.213. The molecular formula is C14H11Br3. The predicted molar refractivity (Wildman–Crippen MR) is 83.8 cm³/mol. The number of alkyl halides is 1. The summed E-state index contributed by atoms with van der Waals surface area (Å²) in [5.74, 6) is 0. The molecule has 2 aromatic rings. The highest BCUT2D eigenvalue weighted by Crippen LogP contribution is 2.36. The van der Waals surface area contributed by atoms with E-state index in [1.165, 1.54) is 16.7 Å². The summed E-state index contributed by atoms with van der Waals surface area (Å²) in [6, 6.07) is 14.8. The average Bonchev–Trinajstić information content (AvgIpc) is 2.29. The Labute approximate surface area is 127 Å². The van der Waals surface area contributed by atoms with Crippen LogP contribution in [0.15, 0.2) is 51.4 Å². The van der Waals surface area contributed by atoms with Gasteiger partial charge in [-0.1, -0.05) is 83.7 Å². The Morgan fingerprint density at radius 2 is 1.59 bits per heavy atom. The summed E-state index contributed by atoms with van der Waals surface area (Å²) in [6.07, 6.45) is 0. The van der Waals surface area contributed by atoms with Crippen molar-refractivity contribution in [3.8, 4) is 0 Å². The lowest BCUT2D eigenvalue weighted by Gasteiger charge is -2.13. The number of rotatable bonds is 2. The molecule has 0 bridgehead atoms. The van der Waals surface area contributed by atoms with Crippen molar-refractivity contribution in [2.75, 3.05) is 0 Å². The minimum absolute atomic E-state index is 0.213. The summed E-state index contributed by atoms with van der Waals surface area (Å²) < 4.78 is 2.19. The molecule has 2 rings (SSSR count). The Hall–Kier alpha value is -0.120. The van der Waals surface area contributed by atoms with Crippen molar-refractivity contribution in [3.05, 3.63) is 68.1 Å². The zero-order valence-electron chi connectivity index (χ0n) is 9.25. The van der Waals surface area contributed by atoms with Crippen molar-refractivity contribution in [1.29, 1.82) is 0 Å². The lowest BCUT2D eigenvalue weighted by atomic mass is 10.0. The van der Waals surface area contributed by atoms with E-state index in [1.807, 2.05) is 0 Å². The SMILES string of the molecule is Cc1ccc(C(Br)c2ccc(Br)cc2Br)cc1. The zero-order chi connectivity index (χ0) is 12.4. The van der Waals surface area contributed by atoms with Crippen LogP contribution in [0.3, 0.4) is 0 Å². The second kappa shape index (κ2) is 5.68. The van der Waals surface area contributed by atoms with Gasteiger partial charge in [-0.15, -0.1) is 0 Å². The largest absolute Gasteiger partial charge is 0.0786 e. The molecule has 0 spiro atoms. The first-order valence-electron chi connectivity index (χ1n) is 5.23. The smallest absolute Gasteiger partial charge is 0.0655 e. The summed E-state index contributed by atoms with van der Waals surface area (Å²) >= 11 is 10.8. The van der Waals surface area contributed by atoms with Crippen LogP contribution in [-0.4, -0.2) is 0 Å². The third kappa shape index (κ3) is 3.21. The molecule has 3 heteroatoms. The number of halogens is 3. The molecule has 0 aliphatic carbocycles. The van der Waals surface area contributed by atoms with Gasteiger partial charge in [0.15, 0.2) is 0 Å². The van der Waals surface area contributed by atoms with E-state index in [9.17, 15) is 0 Å². The summed E-state index contributed by atoms with van der Waals surface area (Å²) in [5.41, 5.74) is 3.78. The summed E-state index contributed by atoms with van der Waals surface area (Å²) in [7, 11) is 0. The van der Waals surface area contributed by atoms with Crippen LogP contribution in [0, 0.1) is 6.92 Å². The van der Waals surface area contributed by atoms with Gasteiger partial charge >= 0.3 is 0 Å². The van der Waals surface area contributed by atoms with E-state index in [0.29, 0.717) is 0 Å². The van der Waals surface area contributed by atoms with Crippen molar-refractivity contribution >= 4 is 47.8 Å². The normalized spacial score (nSPS) is 12.5. The van der Waals surface area contributed by atoms with E-state index in [2.05, 4.69) is 97.2 Å². The molecule has 0 aliphatic heterocycles. The maximum absolute atomic E-state index is 3.75. The molecule has 1 unspecified atom stereocenters. The predicted octanol–water partition coefficient (Wildman–Crippen LogP) is 6.00. The van der Waals surface area contributed by atoms with E-state index in [4.69, 9.17) is 0 Å². The van der Waals surface area contributed by atoms with E-state index in [-0.39, 0.29) is 4.83 Å². The molecule has 0 fully saturated rings. The number of aryl methyl sites for hydroxylation is 1. The molecule has 88 valence electrons. The molecular weight excluding hydrogens is 408 g/mol. The highest BCUT2D eigenvalue weighted by molar-refractivity contribution is 9.11. The minimum Gasteiger partial charge on any atom is -0.0786 e. The first-order valence-corrected chi connectivity index (χ1v) is 7.73. The Balaban J connectivity index is 2.36. The zero-order valence-corrected chi connectivity index (χ0v) is 14.0. The van der Waals surface area contributed by atoms with E-state index >= 15 is 0 Å². The maximum Gasteiger partial charge on any atom is 0.0655 e. The lowest BCUT2D eigenvalue weighted by Crippen LogP contribution is -1.94. The first-order chi connectivity index (χ1) is 8.08. The van der Waals surface area contributed by atoms with Gasteiger partial charge in [0.1, 0.15) is 0 Å². The van der Waals surface area contributed by atoms with Crippen molar-refractivity contribution in [2.24, 2.45) is 0 Å². The van der Waals surface area contributed by atoms with Crippen molar-refractivity contribution in [3.63, 3.8) is 0 Å². The molecule has 0 radical (unpaired) electrons. The second-order valence-electron chi connectivity index (χ2n) is 3.94. The molecule has 0 saturated heterocycles. The molecule has 17 heavy (non-hydrogen) atoms. The fourth-order valence-corrected chi connectivity index (χ4v) is 3.91. The van der Waals surface area contributed by atoms with Gasteiger partial charge in [-0.3, -0.25) is 0 Å². The van der Waals surface area contributed by atoms with Crippen molar-refractivity contribution in [1.82, 2.24) is 0 Å². The quantitative estimate of drug-likeness (QED) is 0.524. The van der Waals surface area contributed by atoms with E-state index in [0.717, 1.165) is 8.95 Å². The van der Waals surface area contributed by atoms with E-state index < -0.39 is 0 Å². The van der Waals surface area contributed by atoms with Crippen LogP contribution in [0.1, 0.15) is 21.5 Å². The van der Waals surface area contributed by atoms with Crippen LogP contribution in [-0.2, 0) is 0 Å².